The average Bonchev–Trinajstić information content (AvgIpc) is 3.15. The van der Waals surface area contributed by atoms with E-state index >= 15 is 0 Å². The third-order valence-electron chi connectivity index (χ3n) is 3.21. The number of pyridine rings is 1. The van der Waals surface area contributed by atoms with E-state index in [-0.39, 0.29) is 5.09 Å². The number of anilines is 1. The fourth-order valence-corrected chi connectivity index (χ4v) is 2.86. The van der Waals surface area contributed by atoms with Gasteiger partial charge in [-0.05, 0) is 44.0 Å². The Morgan fingerprint density at radius 1 is 1.29 bits per heavy atom. The Balaban J connectivity index is 1.69. The SMILES string of the molecule is Cc1ccc(NS(=O)(=O)c2ccc(CNC3CC3)o2)cn1. The maximum atomic E-state index is 12.2. The topological polar surface area (TPSA) is 84.2 Å². The number of furan rings is 1. The lowest BCUT2D eigenvalue weighted by Crippen LogP contribution is -2.15. The first kappa shape index (κ1) is 14.1. The molecule has 1 fully saturated rings. The lowest BCUT2D eigenvalue weighted by Gasteiger charge is -2.05. The molecule has 112 valence electrons. The van der Waals surface area contributed by atoms with E-state index in [0.717, 1.165) is 5.69 Å². The molecule has 2 aromatic rings. The smallest absolute Gasteiger partial charge is 0.295 e. The van der Waals surface area contributed by atoms with Crippen molar-refractivity contribution >= 4 is 15.7 Å². The molecular formula is C14H17N3O3S. The molecule has 6 nitrogen and oxygen atoms in total. The van der Waals surface area contributed by atoms with Gasteiger partial charge in [0.25, 0.3) is 10.0 Å². The third-order valence-corrected chi connectivity index (χ3v) is 4.46. The van der Waals surface area contributed by atoms with Gasteiger partial charge in [-0.3, -0.25) is 9.71 Å². The van der Waals surface area contributed by atoms with Crippen molar-refractivity contribution in [2.45, 2.75) is 37.4 Å². The summed E-state index contributed by atoms with van der Waals surface area (Å²) in [5, 5.41) is 3.19. The minimum absolute atomic E-state index is 0.0873. The molecule has 1 aliphatic rings. The summed E-state index contributed by atoms with van der Waals surface area (Å²) in [5.41, 5.74) is 1.24. The molecule has 0 spiro atoms. The van der Waals surface area contributed by atoms with Gasteiger partial charge in [0.15, 0.2) is 0 Å². The quantitative estimate of drug-likeness (QED) is 0.853. The highest BCUT2D eigenvalue weighted by Gasteiger charge is 2.22. The Hall–Kier alpha value is -1.86. The number of aryl methyl sites for hydroxylation is 1. The van der Waals surface area contributed by atoms with Gasteiger partial charge in [-0.15, -0.1) is 0 Å². The van der Waals surface area contributed by atoms with Crippen LogP contribution in [0.3, 0.4) is 0 Å². The summed E-state index contributed by atoms with van der Waals surface area (Å²) in [7, 11) is -3.71. The fourth-order valence-electron chi connectivity index (χ4n) is 1.86. The van der Waals surface area contributed by atoms with E-state index in [0.29, 0.717) is 24.0 Å². The molecule has 0 unspecified atom stereocenters. The maximum absolute atomic E-state index is 12.2. The fraction of sp³-hybridized carbons (Fsp3) is 0.357. The van der Waals surface area contributed by atoms with Crippen LogP contribution in [0.2, 0.25) is 0 Å². The first-order valence-corrected chi connectivity index (χ1v) is 8.29. The van der Waals surface area contributed by atoms with Crippen LogP contribution in [0, 0.1) is 6.92 Å². The van der Waals surface area contributed by atoms with Gasteiger partial charge in [0.2, 0.25) is 5.09 Å². The van der Waals surface area contributed by atoms with Crippen molar-refractivity contribution in [1.82, 2.24) is 10.3 Å². The van der Waals surface area contributed by atoms with Crippen LogP contribution in [0.25, 0.3) is 0 Å². The number of hydrogen-bond donors (Lipinski definition) is 2. The Labute approximate surface area is 123 Å². The van der Waals surface area contributed by atoms with E-state index in [2.05, 4.69) is 15.0 Å². The summed E-state index contributed by atoms with van der Waals surface area (Å²) in [4.78, 5) is 4.05. The average molecular weight is 307 g/mol. The van der Waals surface area contributed by atoms with E-state index in [4.69, 9.17) is 4.42 Å². The van der Waals surface area contributed by atoms with Crippen LogP contribution in [-0.2, 0) is 16.6 Å². The molecule has 21 heavy (non-hydrogen) atoms. The molecule has 0 aliphatic heterocycles. The van der Waals surface area contributed by atoms with Crippen LogP contribution in [0.15, 0.2) is 40.0 Å². The second kappa shape index (κ2) is 5.50. The maximum Gasteiger partial charge on any atom is 0.295 e. The largest absolute Gasteiger partial charge is 0.446 e. The molecule has 0 aromatic carbocycles. The summed E-state index contributed by atoms with van der Waals surface area (Å²) in [5.74, 6) is 0.615. The summed E-state index contributed by atoms with van der Waals surface area (Å²) < 4.78 is 32.2. The van der Waals surface area contributed by atoms with Crippen LogP contribution in [-0.4, -0.2) is 19.4 Å². The zero-order chi connectivity index (χ0) is 14.9. The monoisotopic (exact) mass is 307 g/mol. The summed E-state index contributed by atoms with van der Waals surface area (Å²) >= 11 is 0. The van der Waals surface area contributed by atoms with Crippen molar-refractivity contribution in [3.8, 4) is 0 Å². The molecule has 2 N–H and O–H groups in total. The van der Waals surface area contributed by atoms with E-state index in [1.165, 1.54) is 25.1 Å². The molecule has 7 heteroatoms. The summed E-state index contributed by atoms with van der Waals surface area (Å²) in [6.07, 6.45) is 3.83. The van der Waals surface area contributed by atoms with Crippen molar-refractivity contribution in [1.29, 1.82) is 0 Å². The molecule has 2 aromatic heterocycles. The van der Waals surface area contributed by atoms with Gasteiger partial charge in [0.05, 0.1) is 18.4 Å². The first-order chi connectivity index (χ1) is 10.0. The molecule has 3 rings (SSSR count). The molecule has 0 saturated heterocycles. The van der Waals surface area contributed by atoms with E-state index in [9.17, 15) is 8.42 Å². The van der Waals surface area contributed by atoms with Crippen LogP contribution in [0.5, 0.6) is 0 Å². The number of sulfonamides is 1. The van der Waals surface area contributed by atoms with Crippen molar-refractivity contribution < 1.29 is 12.8 Å². The molecule has 0 radical (unpaired) electrons. The van der Waals surface area contributed by atoms with Gasteiger partial charge < -0.3 is 9.73 Å². The zero-order valence-corrected chi connectivity index (χ0v) is 12.5. The lowest BCUT2D eigenvalue weighted by molar-refractivity contribution is 0.403. The van der Waals surface area contributed by atoms with Crippen LogP contribution < -0.4 is 10.0 Å². The van der Waals surface area contributed by atoms with Crippen molar-refractivity contribution in [3.63, 3.8) is 0 Å². The zero-order valence-electron chi connectivity index (χ0n) is 11.7. The van der Waals surface area contributed by atoms with Gasteiger partial charge in [0, 0.05) is 11.7 Å². The van der Waals surface area contributed by atoms with E-state index in [1.54, 1.807) is 18.2 Å². The second-order valence-electron chi connectivity index (χ2n) is 5.17. The molecule has 0 atom stereocenters. The Morgan fingerprint density at radius 3 is 2.76 bits per heavy atom. The summed E-state index contributed by atoms with van der Waals surface area (Å²) in [6.45, 7) is 2.39. The standard InChI is InChI=1S/C14H17N3O3S/c1-10-2-3-12(8-15-10)17-21(18,19)14-7-6-13(20-14)9-16-11-4-5-11/h2-3,6-8,11,16-17H,4-5,9H2,1H3. The highest BCUT2D eigenvalue weighted by Crippen LogP contribution is 2.21. The first-order valence-electron chi connectivity index (χ1n) is 6.80. The van der Waals surface area contributed by atoms with Gasteiger partial charge in [0.1, 0.15) is 5.76 Å². The number of rotatable bonds is 6. The van der Waals surface area contributed by atoms with Crippen LogP contribution in [0.1, 0.15) is 24.3 Å². The highest BCUT2D eigenvalue weighted by atomic mass is 32.2. The van der Waals surface area contributed by atoms with Crippen molar-refractivity contribution in [3.05, 3.63) is 41.9 Å². The molecule has 1 saturated carbocycles. The van der Waals surface area contributed by atoms with E-state index < -0.39 is 10.0 Å². The predicted molar refractivity (Wildman–Crippen MR) is 78.4 cm³/mol. The molecule has 2 heterocycles. The molecule has 0 amide bonds. The normalized spacial score (nSPS) is 15.1. The van der Waals surface area contributed by atoms with Gasteiger partial charge in [-0.2, -0.15) is 8.42 Å². The van der Waals surface area contributed by atoms with Crippen LogP contribution >= 0.6 is 0 Å². The van der Waals surface area contributed by atoms with Crippen molar-refractivity contribution in [2.24, 2.45) is 0 Å². The molecular weight excluding hydrogens is 290 g/mol. The summed E-state index contributed by atoms with van der Waals surface area (Å²) in [6, 6.07) is 7.10. The Morgan fingerprint density at radius 2 is 2.10 bits per heavy atom. The highest BCUT2D eigenvalue weighted by molar-refractivity contribution is 7.92. The minimum Gasteiger partial charge on any atom is -0.446 e. The van der Waals surface area contributed by atoms with Crippen molar-refractivity contribution in [2.75, 3.05) is 4.72 Å². The number of hydrogen-bond acceptors (Lipinski definition) is 5. The second-order valence-corrected chi connectivity index (χ2v) is 6.78. The number of aromatic nitrogens is 1. The van der Waals surface area contributed by atoms with Gasteiger partial charge in [-0.25, -0.2) is 0 Å². The lowest BCUT2D eigenvalue weighted by atomic mass is 10.4. The molecule has 0 bridgehead atoms. The van der Waals surface area contributed by atoms with Crippen LogP contribution in [0.4, 0.5) is 5.69 Å². The van der Waals surface area contributed by atoms with Gasteiger partial charge in [-0.1, -0.05) is 0 Å². The minimum atomic E-state index is -3.71. The Bertz CT molecular complexity index is 718. The van der Waals surface area contributed by atoms with Gasteiger partial charge >= 0.3 is 0 Å². The number of nitrogens with zero attached hydrogens (tertiary/aromatic N) is 1. The van der Waals surface area contributed by atoms with E-state index in [1.807, 2.05) is 6.92 Å². The number of nitrogens with one attached hydrogen (secondary N) is 2. The predicted octanol–water partition coefficient (Wildman–Crippen LogP) is 2.04. The third kappa shape index (κ3) is 3.62. The molecule has 1 aliphatic carbocycles. The Kier molecular flexibility index (Phi) is 3.69.